The fraction of sp³-hybridized carbons (Fsp3) is 0.167. The summed E-state index contributed by atoms with van der Waals surface area (Å²) in [5.41, 5.74) is 0.872. The maximum Gasteiger partial charge on any atom is 0.422 e. The van der Waals surface area contributed by atoms with Crippen LogP contribution in [0, 0.1) is 0 Å². The molecule has 190 valence electrons. The van der Waals surface area contributed by atoms with Crippen molar-refractivity contribution in [3.63, 3.8) is 0 Å². The van der Waals surface area contributed by atoms with Crippen LogP contribution in [0.5, 0.6) is 11.6 Å². The molecule has 0 fully saturated rings. The van der Waals surface area contributed by atoms with Crippen LogP contribution < -0.4 is 15.0 Å². The molecule has 3 heterocycles. The average Bonchev–Trinajstić information content (AvgIpc) is 3.21. The Kier molecular flexibility index (Phi) is 5.97. The Morgan fingerprint density at radius 1 is 0.973 bits per heavy atom. The number of ether oxygens (including phenoxy) is 2. The molecule has 0 radical (unpaired) electrons. The number of benzene rings is 2. The Hall–Kier alpha value is -4.55. The lowest BCUT2D eigenvalue weighted by atomic mass is 10.1. The van der Waals surface area contributed by atoms with Crippen LogP contribution in [0.25, 0.3) is 39.0 Å². The Labute approximate surface area is 204 Å². The number of alkyl halides is 5. The summed E-state index contributed by atoms with van der Waals surface area (Å²) < 4.78 is 75.0. The van der Waals surface area contributed by atoms with Gasteiger partial charge in [0.2, 0.25) is 5.88 Å². The smallest absolute Gasteiger partial charge is 0.422 e. The molecular formula is C24H16F5N5O3. The molecule has 0 atom stereocenters. The first kappa shape index (κ1) is 24.2. The number of hydrogen-bond donors (Lipinski definition) is 0. The van der Waals surface area contributed by atoms with Gasteiger partial charge in [-0.2, -0.15) is 32.0 Å². The van der Waals surface area contributed by atoms with Gasteiger partial charge in [0.15, 0.2) is 12.3 Å². The summed E-state index contributed by atoms with van der Waals surface area (Å²) in [5.74, 6) is -0.517. The molecule has 0 saturated heterocycles. The first-order valence-corrected chi connectivity index (χ1v) is 10.7. The van der Waals surface area contributed by atoms with Gasteiger partial charge in [-0.1, -0.05) is 6.07 Å². The molecule has 0 saturated carbocycles. The van der Waals surface area contributed by atoms with Crippen LogP contribution in [0.3, 0.4) is 0 Å². The maximum absolute atomic E-state index is 13.7. The van der Waals surface area contributed by atoms with Crippen LogP contribution >= 0.6 is 0 Å². The van der Waals surface area contributed by atoms with Crippen molar-refractivity contribution in [1.82, 2.24) is 24.3 Å². The van der Waals surface area contributed by atoms with Crippen molar-refractivity contribution in [2.75, 3.05) is 6.61 Å². The van der Waals surface area contributed by atoms with Gasteiger partial charge >= 0.3 is 12.8 Å². The van der Waals surface area contributed by atoms with Crippen molar-refractivity contribution in [1.29, 1.82) is 0 Å². The largest absolute Gasteiger partial charge is 0.468 e. The molecule has 0 spiro atoms. The lowest BCUT2D eigenvalue weighted by Crippen LogP contribution is -2.24. The topological polar surface area (TPSA) is 84.1 Å². The van der Waals surface area contributed by atoms with Crippen molar-refractivity contribution in [2.45, 2.75) is 12.8 Å². The molecule has 5 rings (SSSR count). The Morgan fingerprint density at radius 3 is 2.41 bits per heavy atom. The molecule has 0 aliphatic carbocycles. The third-order valence-electron chi connectivity index (χ3n) is 5.27. The number of aromatic nitrogens is 5. The van der Waals surface area contributed by atoms with Gasteiger partial charge in [0.25, 0.3) is 5.56 Å². The number of nitrogens with zero attached hydrogens (tertiary/aromatic N) is 5. The van der Waals surface area contributed by atoms with Crippen molar-refractivity contribution in [2.24, 2.45) is 7.05 Å². The fourth-order valence-electron chi connectivity index (χ4n) is 3.78. The summed E-state index contributed by atoms with van der Waals surface area (Å²) in [6.45, 7) is -4.62. The number of aryl methyl sites for hydroxylation is 1. The molecule has 3 aromatic heterocycles. The number of hydrogen-bond acceptors (Lipinski definition) is 6. The molecule has 13 heteroatoms. The second-order valence-corrected chi connectivity index (χ2v) is 7.95. The highest BCUT2D eigenvalue weighted by Crippen LogP contribution is 2.26. The minimum absolute atomic E-state index is 0.0388. The van der Waals surface area contributed by atoms with Gasteiger partial charge in [-0.05, 0) is 42.5 Å². The molecule has 0 aliphatic heterocycles. The minimum atomic E-state index is -4.59. The zero-order valence-electron chi connectivity index (χ0n) is 18.9. The number of fused-ring (bicyclic) bond motifs is 2. The van der Waals surface area contributed by atoms with E-state index in [0.29, 0.717) is 11.1 Å². The molecular weight excluding hydrogens is 501 g/mol. The van der Waals surface area contributed by atoms with E-state index in [0.717, 1.165) is 9.95 Å². The molecule has 0 bridgehead atoms. The highest BCUT2D eigenvalue weighted by molar-refractivity contribution is 5.85. The Morgan fingerprint density at radius 2 is 1.70 bits per heavy atom. The van der Waals surface area contributed by atoms with E-state index in [1.165, 1.54) is 36.4 Å². The van der Waals surface area contributed by atoms with Gasteiger partial charge < -0.3 is 9.47 Å². The minimum Gasteiger partial charge on any atom is -0.468 e. The van der Waals surface area contributed by atoms with Crippen LogP contribution in [0.2, 0.25) is 0 Å². The Bertz CT molecular complexity index is 1660. The zero-order valence-corrected chi connectivity index (χ0v) is 18.9. The molecule has 0 unspecified atom stereocenters. The van der Waals surface area contributed by atoms with E-state index >= 15 is 0 Å². The van der Waals surface area contributed by atoms with E-state index in [1.807, 2.05) is 0 Å². The molecule has 5 aromatic rings. The van der Waals surface area contributed by atoms with Crippen molar-refractivity contribution >= 4 is 22.1 Å². The van der Waals surface area contributed by atoms with Gasteiger partial charge in [0.1, 0.15) is 17.0 Å². The summed E-state index contributed by atoms with van der Waals surface area (Å²) in [4.78, 5) is 22.2. The van der Waals surface area contributed by atoms with Crippen LogP contribution in [-0.2, 0) is 7.05 Å². The van der Waals surface area contributed by atoms with E-state index in [1.54, 1.807) is 36.1 Å². The van der Waals surface area contributed by atoms with E-state index in [4.69, 9.17) is 4.74 Å². The Balaban J connectivity index is 1.69. The second kappa shape index (κ2) is 9.15. The summed E-state index contributed by atoms with van der Waals surface area (Å²) >= 11 is 0. The third-order valence-corrected chi connectivity index (χ3v) is 5.27. The van der Waals surface area contributed by atoms with E-state index in [2.05, 4.69) is 19.8 Å². The van der Waals surface area contributed by atoms with Gasteiger partial charge in [0.05, 0.1) is 11.2 Å². The van der Waals surface area contributed by atoms with Gasteiger partial charge in [-0.25, -0.2) is 4.98 Å². The fourth-order valence-corrected chi connectivity index (χ4v) is 3.78. The molecule has 0 aliphatic rings. The predicted molar refractivity (Wildman–Crippen MR) is 123 cm³/mol. The van der Waals surface area contributed by atoms with E-state index in [-0.39, 0.29) is 34.2 Å². The second-order valence-electron chi connectivity index (χ2n) is 7.95. The maximum atomic E-state index is 13.7. The summed E-state index contributed by atoms with van der Waals surface area (Å²) in [7, 11) is 1.76. The summed E-state index contributed by atoms with van der Waals surface area (Å²) in [6, 6.07) is 12.9. The first-order valence-electron chi connectivity index (χ1n) is 10.7. The lowest BCUT2D eigenvalue weighted by molar-refractivity contribution is -0.154. The summed E-state index contributed by atoms with van der Waals surface area (Å²) in [6.07, 6.45) is -2.82. The SMILES string of the molecule is Cn1cc2cc(-c3nc4ccc(OCC(F)(F)F)nc4n(-c4ccc(OC(F)F)cc4)c3=O)ccc2n1. The van der Waals surface area contributed by atoms with Crippen LogP contribution in [0.15, 0.2) is 65.6 Å². The van der Waals surface area contributed by atoms with Gasteiger partial charge in [-0.3, -0.25) is 14.0 Å². The number of rotatable bonds is 6. The molecule has 8 nitrogen and oxygen atoms in total. The molecule has 2 aromatic carbocycles. The standard InChI is InChI=1S/C24H16F5N5O3/c1-33-11-14-10-13(2-7-17(14)32-33)20-22(35)34(15-3-5-16(6-4-15)37-23(25)26)21-18(30-20)8-9-19(31-21)36-12-24(27,28)29/h2-11,23H,12H2,1H3. The zero-order chi connectivity index (χ0) is 26.3. The first-order chi connectivity index (χ1) is 17.6. The monoisotopic (exact) mass is 517 g/mol. The van der Waals surface area contributed by atoms with Crippen LogP contribution in [0.1, 0.15) is 0 Å². The number of halogens is 5. The molecule has 0 N–H and O–H groups in total. The van der Waals surface area contributed by atoms with E-state index in [9.17, 15) is 26.7 Å². The van der Waals surface area contributed by atoms with Gasteiger partial charge in [0, 0.05) is 30.3 Å². The average molecular weight is 517 g/mol. The normalized spacial score (nSPS) is 12.0. The number of pyridine rings is 1. The predicted octanol–water partition coefficient (Wildman–Crippen LogP) is 4.88. The quantitative estimate of drug-likeness (QED) is 0.299. The van der Waals surface area contributed by atoms with Crippen molar-refractivity contribution in [3.05, 3.63) is 71.1 Å². The highest BCUT2D eigenvalue weighted by atomic mass is 19.4. The third kappa shape index (κ3) is 5.06. The molecule has 0 amide bonds. The van der Waals surface area contributed by atoms with Crippen LogP contribution in [0.4, 0.5) is 22.0 Å². The lowest BCUT2D eigenvalue weighted by Gasteiger charge is -2.14. The van der Waals surface area contributed by atoms with Crippen molar-refractivity contribution in [3.8, 4) is 28.6 Å². The van der Waals surface area contributed by atoms with Gasteiger partial charge in [-0.15, -0.1) is 0 Å². The molecule has 37 heavy (non-hydrogen) atoms. The van der Waals surface area contributed by atoms with Crippen molar-refractivity contribution < 1.29 is 31.4 Å². The van der Waals surface area contributed by atoms with Crippen LogP contribution in [-0.4, -0.2) is 43.7 Å². The van der Waals surface area contributed by atoms with E-state index < -0.39 is 25.0 Å². The summed E-state index contributed by atoms with van der Waals surface area (Å²) in [5, 5.41) is 5.06. The highest BCUT2D eigenvalue weighted by Gasteiger charge is 2.29.